The molecule has 0 spiro atoms. The molecule has 0 unspecified atom stereocenters. The molecule has 4 aromatic heterocycles. The lowest BCUT2D eigenvalue weighted by atomic mass is 10.1. The summed E-state index contributed by atoms with van der Waals surface area (Å²) in [6.45, 7) is 0. The third-order valence-corrected chi connectivity index (χ3v) is 5.91. The largest absolute Gasteiger partial charge is 0.291 e. The van der Waals surface area contributed by atoms with Crippen molar-refractivity contribution in [3.05, 3.63) is 84.3 Å². The first-order valence-electron chi connectivity index (χ1n) is 9.42. The SMILES string of the molecule is c1ccc2c(c1)Cc1cc3c(cc1-2)nc1c2cccnc2c2cnccc2n31. The molecule has 0 N–H and O–H groups in total. The van der Waals surface area contributed by atoms with E-state index in [-0.39, 0.29) is 0 Å². The molecule has 0 aliphatic heterocycles. The molecule has 6 aromatic rings. The second-order valence-electron chi connectivity index (χ2n) is 7.40. The van der Waals surface area contributed by atoms with Gasteiger partial charge in [0.05, 0.1) is 22.1 Å². The number of aromatic nitrogens is 4. The number of rotatable bonds is 0. The van der Waals surface area contributed by atoms with Crippen LogP contribution in [0.25, 0.3) is 49.6 Å². The summed E-state index contributed by atoms with van der Waals surface area (Å²) >= 11 is 0. The summed E-state index contributed by atoms with van der Waals surface area (Å²) < 4.78 is 2.26. The Morgan fingerprint density at radius 1 is 0.786 bits per heavy atom. The quantitative estimate of drug-likeness (QED) is 0.352. The molecule has 2 aromatic carbocycles. The van der Waals surface area contributed by atoms with Gasteiger partial charge in [-0.15, -0.1) is 0 Å². The molecule has 4 nitrogen and oxygen atoms in total. The summed E-state index contributed by atoms with van der Waals surface area (Å²) in [5.41, 5.74) is 10.5. The van der Waals surface area contributed by atoms with Crippen molar-refractivity contribution in [1.82, 2.24) is 19.4 Å². The fourth-order valence-electron chi connectivity index (χ4n) is 4.70. The standard InChI is InChI=1S/C24H14N4/c1-2-5-16-14(4-1)10-15-11-22-20(12-18(15)16)27-24-17-6-3-8-26-23(17)19-13-25-9-7-21(19)28(22)24/h1-9,11-13H,10H2. The fourth-order valence-corrected chi connectivity index (χ4v) is 4.70. The van der Waals surface area contributed by atoms with E-state index in [1.165, 1.54) is 22.3 Å². The van der Waals surface area contributed by atoms with Crippen LogP contribution >= 0.6 is 0 Å². The van der Waals surface area contributed by atoms with Crippen LogP contribution in [0, 0.1) is 0 Å². The predicted octanol–water partition coefficient (Wildman–Crippen LogP) is 5.16. The number of pyridine rings is 3. The van der Waals surface area contributed by atoms with Crippen LogP contribution in [0.15, 0.2) is 73.2 Å². The molecule has 0 amide bonds. The van der Waals surface area contributed by atoms with Crippen molar-refractivity contribution in [2.75, 3.05) is 0 Å². The van der Waals surface area contributed by atoms with E-state index in [2.05, 4.69) is 62.9 Å². The lowest BCUT2D eigenvalue weighted by Gasteiger charge is -2.07. The van der Waals surface area contributed by atoms with Gasteiger partial charge < -0.3 is 0 Å². The molecule has 7 rings (SSSR count). The zero-order valence-corrected chi connectivity index (χ0v) is 14.9. The summed E-state index contributed by atoms with van der Waals surface area (Å²) in [5, 5.41) is 2.11. The zero-order chi connectivity index (χ0) is 18.2. The maximum Gasteiger partial charge on any atom is 0.147 e. The molecule has 0 fully saturated rings. The number of fused-ring (bicyclic) bond motifs is 11. The van der Waals surface area contributed by atoms with Crippen LogP contribution < -0.4 is 0 Å². The Kier molecular flexibility index (Phi) is 2.51. The molecule has 0 radical (unpaired) electrons. The van der Waals surface area contributed by atoms with Gasteiger partial charge in [-0.25, -0.2) is 4.98 Å². The van der Waals surface area contributed by atoms with Crippen LogP contribution in [0.1, 0.15) is 11.1 Å². The van der Waals surface area contributed by atoms with Gasteiger partial charge in [0.1, 0.15) is 5.65 Å². The van der Waals surface area contributed by atoms with Crippen molar-refractivity contribution >= 4 is 38.5 Å². The van der Waals surface area contributed by atoms with Gasteiger partial charge in [-0.1, -0.05) is 24.3 Å². The van der Waals surface area contributed by atoms with E-state index in [0.717, 1.165) is 44.9 Å². The maximum absolute atomic E-state index is 5.05. The molecule has 4 heterocycles. The van der Waals surface area contributed by atoms with Crippen molar-refractivity contribution < 1.29 is 0 Å². The van der Waals surface area contributed by atoms with E-state index in [4.69, 9.17) is 4.98 Å². The number of nitrogens with zero attached hydrogens (tertiary/aromatic N) is 4. The molecule has 1 aliphatic carbocycles. The van der Waals surface area contributed by atoms with Crippen molar-refractivity contribution in [1.29, 1.82) is 0 Å². The summed E-state index contributed by atoms with van der Waals surface area (Å²) in [4.78, 5) is 14.0. The van der Waals surface area contributed by atoms with Crippen molar-refractivity contribution in [2.24, 2.45) is 0 Å². The highest BCUT2D eigenvalue weighted by Crippen LogP contribution is 2.40. The van der Waals surface area contributed by atoms with Crippen LogP contribution in [0.3, 0.4) is 0 Å². The van der Waals surface area contributed by atoms with E-state index in [1.54, 1.807) is 0 Å². The summed E-state index contributed by atoms with van der Waals surface area (Å²) in [6.07, 6.45) is 6.55. The smallest absolute Gasteiger partial charge is 0.147 e. The Labute approximate surface area is 160 Å². The fraction of sp³-hybridized carbons (Fsp3) is 0.0417. The molecule has 0 bridgehead atoms. The van der Waals surface area contributed by atoms with Crippen LogP contribution in [0.4, 0.5) is 0 Å². The predicted molar refractivity (Wildman–Crippen MR) is 112 cm³/mol. The molecular weight excluding hydrogens is 344 g/mol. The average molecular weight is 358 g/mol. The number of imidazole rings is 1. The molecule has 0 saturated heterocycles. The number of hydrogen-bond acceptors (Lipinski definition) is 3. The minimum Gasteiger partial charge on any atom is -0.291 e. The molecule has 1 aliphatic rings. The van der Waals surface area contributed by atoms with E-state index in [1.807, 2.05) is 24.7 Å². The summed E-state index contributed by atoms with van der Waals surface area (Å²) in [7, 11) is 0. The van der Waals surface area contributed by atoms with Gasteiger partial charge in [-0.3, -0.25) is 14.4 Å². The summed E-state index contributed by atoms with van der Waals surface area (Å²) in [5.74, 6) is 0. The first-order valence-corrected chi connectivity index (χ1v) is 9.42. The lowest BCUT2D eigenvalue weighted by molar-refractivity contribution is 1.25. The molecular formula is C24H14N4. The normalized spacial score (nSPS) is 12.9. The second-order valence-corrected chi connectivity index (χ2v) is 7.40. The lowest BCUT2D eigenvalue weighted by Crippen LogP contribution is -1.93. The van der Waals surface area contributed by atoms with Crippen molar-refractivity contribution in [3.63, 3.8) is 0 Å². The highest BCUT2D eigenvalue weighted by Gasteiger charge is 2.21. The maximum atomic E-state index is 5.05. The summed E-state index contributed by atoms with van der Waals surface area (Å²) in [6, 6.07) is 19.3. The Morgan fingerprint density at radius 3 is 2.75 bits per heavy atom. The molecule has 4 heteroatoms. The van der Waals surface area contributed by atoms with Crippen LogP contribution in [-0.2, 0) is 6.42 Å². The molecule has 130 valence electrons. The van der Waals surface area contributed by atoms with Crippen molar-refractivity contribution in [3.8, 4) is 11.1 Å². The topological polar surface area (TPSA) is 43.1 Å². The Morgan fingerprint density at radius 2 is 1.75 bits per heavy atom. The minimum atomic E-state index is 0.950. The Bertz CT molecular complexity index is 1590. The van der Waals surface area contributed by atoms with E-state index < -0.39 is 0 Å². The van der Waals surface area contributed by atoms with E-state index in [9.17, 15) is 0 Å². The van der Waals surface area contributed by atoms with Gasteiger partial charge in [-0.2, -0.15) is 0 Å². The van der Waals surface area contributed by atoms with E-state index in [0.29, 0.717) is 0 Å². The van der Waals surface area contributed by atoms with Gasteiger partial charge in [0.25, 0.3) is 0 Å². The highest BCUT2D eigenvalue weighted by molar-refractivity contribution is 6.11. The van der Waals surface area contributed by atoms with Gasteiger partial charge in [-0.05, 0) is 59.0 Å². The monoisotopic (exact) mass is 358 g/mol. The van der Waals surface area contributed by atoms with Crippen LogP contribution in [-0.4, -0.2) is 19.4 Å². The highest BCUT2D eigenvalue weighted by atomic mass is 15.0. The third-order valence-electron chi connectivity index (χ3n) is 5.91. The van der Waals surface area contributed by atoms with Gasteiger partial charge in [0.2, 0.25) is 0 Å². The molecule has 0 saturated carbocycles. The van der Waals surface area contributed by atoms with E-state index >= 15 is 0 Å². The minimum absolute atomic E-state index is 0.950. The molecule has 28 heavy (non-hydrogen) atoms. The third kappa shape index (κ3) is 1.68. The van der Waals surface area contributed by atoms with Gasteiger partial charge in [0.15, 0.2) is 0 Å². The van der Waals surface area contributed by atoms with Crippen LogP contribution in [0.2, 0.25) is 0 Å². The van der Waals surface area contributed by atoms with Crippen molar-refractivity contribution in [2.45, 2.75) is 6.42 Å². The molecule has 0 atom stereocenters. The first kappa shape index (κ1) is 14.3. The Balaban J connectivity index is 1.70. The Hall–Kier alpha value is -3.79. The average Bonchev–Trinajstić information content (AvgIpc) is 3.30. The number of benzene rings is 2. The first-order chi connectivity index (χ1) is 13.9. The van der Waals surface area contributed by atoms with Gasteiger partial charge >= 0.3 is 0 Å². The zero-order valence-electron chi connectivity index (χ0n) is 14.9. The number of hydrogen-bond donors (Lipinski definition) is 0. The van der Waals surface area contributed by atoms with Gasteiger partial charge in [0, 0.05) is 29.4 Å². The second kappa shape index (κ2) is 4.93. The van der Waals surface area contributed by atoms with Crippen LogP contribution in [0.5, 0.6) is 0 Å².